The predicted molar refractivity (Wildman–Crippen MR) is 119 cm³/mol. The van der Waals surface area contributed by atoms with Gasteiger partial charge in [0.2, 0.25) is 0 Å². The van der Waals surface area contributed by atoms with Crippen LogP contribution in [0.1, 0.15) is 18.4 Å². The van der Waals surface area contributed by atoms with Crippen molar-refractivity contribution in [2.45, 2.75) is 12.8 Å². The molecular weight excluding hydrogens is 396 g/mol. The first-order valence-electron chi connectivity index (χ1n) is 10.4. The van der Waals surface area contributed by atoms with Gasteiger partial charge in [-0.2, -0.15) is 0 Å². The summed E-state index contributed by atoms with van der Waals surface area (Å²) in [5, 5.41) is 2.76. The van der Waals surface area contributed by atoms with E-state index in [1.807, 2.05) is 55.6 Å². The van der Waals surface area contributed by atoms with Crippen molar-refractivity contribution >= 4 is 23.6 Å². The summed E-state index contributed by atoms with van der Waals surface area (Å²) in [6.07, 6.45) is 4.53. The van der Waals surface area contributed by atoms with E-state index in [0.717, 1.165) is 30.6 Å². The third-order valence-electron chi connectivity index (χ3n) is 4.72. The van der Waals surface area contributed by atoms with Gasteiger partial charge in [-0.15, -0.1) is 0 Å². The highest BCUT2D eigenvalue weighted by Crippen LogP contribution is 2.30. The molecule has 0 fully saturated rings. The van der Waals surface area contributed by atoms with Gasteiger partial charge in [-0.3, -0.25) is 4.79 Å². The number of ether oxygens (including phenoxy) is 3. The van der Waals surface area contributed by atoms with Crippen LogP contribution in [0.5, 0.6) is 11.5 Å². The van der Waals surface area contributed by atoms with Crippen LogP contribution in [0, 0.1) is 0 Å². The van der Waals surface area contributed by atoms with Gasteiger partial charge < -0.3 is 24.4 Å². The molecule has 1 aliphatic heterocycles. The van der Waals surface area contributed by atoms with Crippen molar-refractivity contribution < 1.29 is 23.8 Å². The van der Waals surface area contributed by atoms with Gasteiger partial charge in [-0.05, 0) is 42.3 Å². The average Bonchev–Trinajstić information content (AvgIpc) is 3.04. The van der Waals surface area contributed by atoms with Crippen LogP contribution in [0.15, 0.2) is 54.6 Å². The summed E-state index contributed by atoms with van der Waals surface area (Å²) in [6.45, 7) is 2.24. The Balaban J connectivity index is 1.33. The minimum atomic E-state index is -0.578. The molecule has 0 unspecified atom stereocenters. The zero-order valence-electron chi connectivity index (χ0n) is 17.7. The van der Waals surface area contributed by atoms with Crippen LogP contribution in [-0.4, -0.2) is 51.8 Å². The Labute approximate surface area is 182 Å². The van der Waals surface area contributed by atoms with E-state index >= 15 is 0 Å². The third kappa shape index (κ3) is 7.37. The molecule has 7 heteroatoms. The predicted octanol–water partition coefficient (Wildman–Crippen LogP) is 3.05. The highest BCUT2D eigenvalue weighted by atomic mass is 16.5. The maximum absolute atomic E-state index is 11.9. The highest BCUT2D eigenvalue weighted by Gasteiger charge is 2.10. The molecule has 0 radical (unpaired) electrons. The van der Waals surface area contributed by atoms with E-state index in [1.165, 1.54) is 6.08 Å². The van der Waals surface area contributed by atoms with Crippen LogP contribution in [-0.2, 0) is 14.3 Å². The third-order valence-corrected chi connectivity index (χ3v) is 4.72. The zero-order chi connectivity index (χ0) is 21.9. The number of anilines is 1. The summed E-state index contributed by atoms with van der Waals surface area (Å²) >= 11 is 0. The molecular formula is C24H28N2O5. The summed E-state index contributed by atoms with van der Waals surface area (Å²) in [7, 11) is 2.01. The number of esters is 1. The quantitative estimate of drug-likeness (QED) is 0.379. The lowest BCUT2D eigenvalue weighted by Gasteiger charge is -2.19. The van der Waals surface area contributed by atoms with Crippen molar-refractivity contribution in [3.8, 4) is 11.5 Å². The van der Waals surface area contributed by atoms with Gasteiger partial charge in [0.05, 0.1) is 13.2 Å². The minimum Gasteiger partial charge on any atom is -0.490 e. The molecule has 2 aromatic rings. The van der Waals surface area contributed by atoms with E-state index in [-0.39, 0.29) is 12.5 Å². The molecule has 31 heavy (non-hydrogen) atoms. The van der Waals surface area contributed by atoms with Crippen molar-refractivity contribution in [1.29, 1.82) is 0 Å². The molecule has 0 atom stereocenters. The molecule has 1 aliphatic rings. The maximum atomic E-state index is 11.9. The first-order valence-corrected chi connectivity index (χ1v) is 10.4. The fraction of sp³-hybridized carbons (Fsp3) is 0.333. The molecule has 2 aromatic carbocycles. The van der Waals surface area contributed by atoms with Crippen LogP contribution in [0.2, 0.25) is 0 Å². The molecule has 0 bridgehead atoms. The zero-order valence-corrected chi connectivity index (χ0v) is 17.7. The standard InChI is InChI=1S/C24H28N2O5/c1-26(20-7-3-2-4-8-20)14-5-13-25-23(27)18-31-24(28)12-10-19-9-11-21-22(17-19)30-16-6-15-29-21/h2-4,7-12,17H,5-6,13-16,18H2,1H3,(H,25,27)/b12-10+. The fourth-order valence-electron chi connectivity index (χ4n) is 3.04. The maximum Gasteiger partial charge on any atom is 0.331 e. The summed E-state index contributed by atoms with van der Waals surface area (Å²) in [5.74, 6) is 0.458. The van der Waals surface area contributed by atoms with Crippen LogP contribution in [0.3, 0.4) is 0 Å². The number of benzene rings is 2. The lowest BCUT2D eigenvalue weighted by molar-refractivity contribution is -0.143. The molecule has 0 aliphatic carbocycles. The van der Waals surface area contributed by atoms with Gasteiger partial charge in [0.15, 0.2) is 18.1 Å². The number of amides is 1. The molecule has 0 saturated heterocycles. The van der Waals surface area contributed by atoms with E-state index in [4.69, 9.17) is 14.2 Å². The molecule has 0 saturated carbocycles. The number of nitrogens with one attached hydrogen (secondary N) is 1. The van der Waals surface area contributed by atoms with Gasteiger partial charge in [-0.25, -0.2) is 4.79 Å². The lowest BCUT2D eigenvalue weighted by atomic mass is 10.2. The number of para-hydroxylation sites is 1. The number of hydrogen-bond acceptors (Lipinski definition) is 6. The molecule has 0 spiro atoms. The van der Waals surface area contributed by atoms with Gasteiger partial charge in [-0.1, -0.05) is 24.3 Å². The Morgan fingerprint density at radius 2 is 1.87 bits per heavy atom. The second-order valence-electron chi connectivity index (χ2n) is 7.16. The summed E-state index contributed by atoms with van der Waals surface area (Å²) in [6, 6.07) is 15.5. The smallest absolute Gasteiger partial charge is 0.331 e. The summed E-state index contributed by atoms with van der Waals surface area (Å²) < 4.78 is 16.2. The van der Waals surface area contributed by atoms with Crippen molar-refractivity contribution in [2.75, 3.05) is 44.9 Å². The number of rotatable bonds is 9. The lowest BCUT2D eigenvalue weighted by Crippen LogP contribution is -2.31. The monoisotopic (exact) mass is 424 g/mol. The highest BCUT2D eigenvalue weighted by molar-refractivity contribution is 5.89. The van der Waals surface area contributed by atoms with Gasteiger partial charge in [0, 0.05) is 38.3 Å². The number of carbonyl (C=O) groups excluding carboxylic acids is 2. The molecule has 0 aromatic heterocycles. The van der Waals surface area contributed by atoms with Crippen molar-refractivity contribution in [2.24, 2.45) is 0 Å². The van der Waals surface area contributed by atoms with E-state index in [9.17, 15) is 9.59 Å². The van der Waals surface area contributed by atoms with Gasteiger partial charge in [0.1, 0.15) is 0 Å². The SMILES string of the molecule is CN(CCCNC(=O)COC(=O)/C=C/c1ccc2c(c1)OCCCO2)c1ccccc1. The van der Waals surface area contributed by atoms with E-state index in [1.54, 1.807) is 6.08 Å². The topological polar surface area (TPSA) is 77.1 Å². The van der Waals surface area contributed by atoms with Gasteiger partial charge in [0.25, 0.3) is 5.91 Å². The average molecular weight is 424 g/mol. The molecule has 164 valence electrons. The van der Waals surface area contributed by atoms with Crippen molar-refractivity contribution in [3.05, 3.63) is 60.2 Å². The second-order valence-corrected chi connectivity index (χ2v) is 7.16. The number of carbonyl (C=O) groups is 2. The van der Waals surface area contributed by atoms with Crippen molar-refractivity contribution in [1.82, 2.24) is 5.32 Å². The van der Waals surface area contributed by atoms with Crippen molar-refractivity contribution in [3.63, 3.8) is 0 Å². The Morgan fingerprint density at radius 1 is 1.10 bits per heavy atom. The minimum absolute atomic E-state index is 0.307. The number of nitrogens with zero attached hydrogens (tertiary/aromatic N) is 1. The molecule has 1 N–H and O–H groups in total. The number of fused-ring (bicyclic) bond motifs is 1. The Kier molecular flexibility index (Phi) is 8.34. The van der Waals surface area contributed by atoms with E-state index < -0.39 is 5.97 Å². The normalized spacial score (nSPS) is 12.8. The van der Waals surface area contributed by atoms with E-state index in [2.05, 4.69) is 10.2 Å². The molecule has 7 nitrogen and oxygen atoms in total. The van der Waals surface area contributed by atoms with E-state index in [0.29, 0.717) is 31.3 Å². The Hall–Kier alpha value is -3.48. The summed E-state index contributed by atoms with van der Waals surface area (Å²) in [4.78, 5) is 25.9. The molecule has 1 amide bonds. The van der Waals surface area contributed by atoms with Crippen LogP contribution >= 0.6 is 0 Å². The first-order chi connectivity index (χ1) is 15.1. The van der Waals surface area contributed by atoms with Gasteiger partial charge >= 0.3 is 5.97 Å². The summed E-state index contributed by atoms with van der Waals surface area (Å²) in [5.41, 5.74) is 1.91. The Morgan fingerprint density at radius 3 is 2.68 bits per heavy atom. The van der Waals surface area contributed by atoms with Crippen LogP contribution < -0.4 is 19.7 Å². The molecule has 1 heterocycles. The fourth-order valence-corrected chi connectivity index (χ4v) is 3.04. The van der Waals surface area contributed by atoms with Crippen LogP contribution in [0.4, 0.5) is 5.69 Å². The first kappa shape index (κ1) is 22.2. The largest absolute Gasteiger partial charge is 0.490 e. The second kappa shape index (κ2) is 11.6. The number of hydrogen-bond donors (Lipinski definition) is 1. The Bertz CT molecular complexity index is 898. The van der Waals surface area contributed by atoms with Crippen LogP contribution in [0.25, 0.3) is 6.08 Å². The molecule has 3 rings (SSSR count).